The smallest absolute Gasteiger partial charge is 0.342 e. The minimum atomic E-state index is -1.25. The van der Waals surface area contributed by atoms with Crippen molar-refractivity contribution in [1.82, 2.24) is 0 Å². The van der Waals surface area contributed by atoms with Gasteiger partial charge in [-0.2, -0.15) is 0 Å². The van der Waals surface area contributed by atoms with E-state index in [0.717, 1.165) is 6.07 Å². The maximum atomic E-state index is 12.5. The molecule has 0 aliphatic carbocycles. The van der Waals surface area contributed by atoms with Gasteiger partial charge in [-0.1, -0.05) is 12.2 Å². The fraction of sp³-hybridized carbons (Fsp3) is 0.500. The number of aliphatic hydroxyl groups excluding tert-OH is 2. The van der Waals surface area contributed by atoms with Crippen LogP contribution in [0.1, 0.15) is 48.2 Å². The van der Waals surface area contributed by atoms with Crippen LogP contribution in [0.15, 0.2) is 24.3 Å². The predicted molar refractivity (Wildman–Crippen MR) is 87.3 cm³/mol. The van der Waals surface area contributed by atoms with E-state index in [9.17, 15) is 25.2 Å². The van der Waals surface area contributed by atoms with Gasteiger partial charge >= 0.3 is 5.97 Å². The van der Waals surface area contributed by atoms with Crippen LogP contribution < -0.4 is 0 Å². The van der Waals surface area contributed by atoms with Crippen LogP contribution in [0.4, 0.5) is 0 Å². The summed E-state index contributed by atoms with van der Waals surface area (Å²) >= 11 is 0. The molecule has 2 aliphatic rings. The molecule has 0 unspecified atom stereocenters. The number of carbonyl (C=O) groups excluding carboxylic acids is 1. The number of phenolic OH excluding ortho intramolecular Hbond substituents is 2. The number of aromatic hydroxyl groups is 2. The van der Waals surface area contributed by atoms with Crippen LogP contribution in [-0.2, 0) is 9.47 Å². The number of fused-ring (bicyclic) bond motifs is 3. The molecular weight excluding hydrogens is 328 g/mol. The van der Waals surface area contributed by atoms with Gasteiger partial charge in [0.15, 0.2) is 0 Å². The molecule has 2 heterocycles. The van der Waals surface area contributed by atoms with Crippen molar-refractivity contribution >= 4 is 5.97 Å². The van der Waals surface area contributed by atoms with Gasteiger partial charge in [0, 0.05) is 18.1 Å². The molecule has 1 fully saturated rings. The Hall–Kier alpha value is -2.09. The van der Waals surface area contributed by atoms with Crippen molar-refractivity contribution < 1.29 is 34.7 Å². The molecule has 136 valence electrons. The first-order valence-corrected chi connectivity index (χ1v) is 8.32. The van der Waals surface area contributed by atoms with Crippen molar-refractivity contribution in [1.29, 1.82) is 0 Å². The van der Waals surface area contributed by atoms with Gasteiger partial charge in [-0.25, -0.2) is 4.79 Å². The zero-order chi connectivity index (χ0) is 18.1. The van der Waals surface area contributed by atoms with E-state index in [-0.39, 0.29) is 16.9 Å². The zero-order valence-corrected chi connectivity index (χ0v) is 13.8. The standard InChI is InChI=1S/C18H22O7/c1-9-3-2-4-12(20)14-5-6-15(25-14)17(22)11-7-10(19)8-13(21)16(11)18(23)24-9/h2,4,7-9,12,14-15,17,19-22H,3,5-6H2,1H3/b4-2+/t9-,12-,14+,15-,17+/m0/s1. The molecular formula is C18H22O7. The molecule has 1 aromatic carbocycles. The molecule has 0 radical (unpaired) electrons. The first-order chi connectivity index (χ1) is 11.9. The summed E-state index contributed by atoms with van der Waals surface area (Å²) in [7, 11) is 0. The average Bonchev–Trinajstić information content (AvgIpc) is 3.02. The molecule has 1 saturated heterocycles. The third-order valence-corrected chi connectivity index (χ3v) is 4.58. The predicted octanol–water partition coefficient (Wildman–Crippen LogP) is 1.54. The minimum Gasteiger partial charge on any atom is -0.508 e. The summed E-state index contributed by atoms with van der Waals surface area (Å²) in [6, 6.07) is 2.24. The summed E-state index contributed by atoms with van der Waals surface area (Å²) in [5, 5.41) is 40.7. The highest BCUT2D eigenvalue weighted by Crippen LogP contribution is 2.38. The Bertz CT molecular complexity index is 684. The molecule has 1 aromatic rings. The van der Waals surface area contributed by atoms with Crippen LogP contribution in [0.5, 0.6) is 11.5 Å². The molecule has 5 atom stereocenters. The summed E-state index contributed by atoms with van der Waals surface area (Å²) in [6.07, 6.45) is 1.02. The fourth-order valence-corrected chi connectivity index (χ4v) is 3.29. The molecule has 0 amide bonds. The topological polar surface area (TPSA) is 116 Å². The number of rotatable bonds is 0. The molecule has 7 heteroatoms. The lowest BCUT2D eigenvalue weighted by atomic mass is 9.95. The van der Waals surface area contributed by atoms with E-state index >= 15 is 0 Å². The monoisotopic (exact) mass is 350 g/mol. The van der Waals surface area contributed by atoms with Crippen molar-refractivity contribution in [2.24, 2.45) is 0 Å². The van der Waals surface area contributed by atoms with Gasteiger partial charge < -0.3 is 29.9 Å². The Morgan fingerprint density at radius 3 is 2.60 bits per heavy atom. The maximum Gasteiger partial charge on any atom is 0.342 e. The Morgan fingerprint density at radius 2 is 1.84 bits per heavy atom. The molecule has 2 aliphatic heterocycles. The third-order valence-electron chi connectivity index (χ3n) is 4.58. The number of hydrogen-bond donors (Lipinski definition) is 4. The second-order valence-electron chi connectivity index (χ2n) is 6.53. The van der Waals surface area contributed by atoms with Crippen LogP contribution in [-0.4, -0.2) is 50.8 Å². The molecule has 7 nitrogen and oxygen atoms in total. The van der Waals surface area contributed by atoms with Crippen molar-refractivity contribution in [3.63, 3.8) is 0 Å². The lowest BCUT2D eigenvalue weighted by molar-refractivity contribution is -0.0652. The first kappa shape index (κ1) is 17.7. The number of phenols is 2. The summed E-state index contributed by atoms with van der Waals surface area (Å²) in [4.78, 5) is 12.5. The van der Waals surface area contributed by atoms with Crippen LogP contribution in [0, 0.1) is 0 Å². The molecule has 0 aromatic heterocycles. The van der Waals surface area contributed by atoms with Crippen LogP contribution >= 0.6 is 0 Å². The van der Waals surface area contributed by atoms with Gasteiger partial charge in [0.05, 0.1) is 18.3 Å². The summed E-state index contributed by atoms with van der Waals surface area (Å²) in [5.74, 6) is -1.54. The summed E-state index contributed by atoms with van der Waals surface area (Å²) in [6.45, 7) is 1.68. The summed E-state index contributed by atoms with van der Waals surface area (Å²) in [5.41, 5.74) is -0.143. The van der Waals surface area contributed by atoms with E-state index in [1.54, 1.807) is 19.1 Å². The number of esters is 1. The summed E-state index contributed by atoms with van der Waals surface area (Å²) < 4.78 is 11.0. The average molecular weight is 350 g/mol. The van der Waals surface area contributed by atoms with Gasteiger partial charge in [0.2, 0.25) is 0 Å². The second kappa shape index (κ2) is 7.03. The molecule has 2 bridgehead atoms. The van der Waals surface area contributed by atoms with E-state index in [1.165, 1.54) is 6.07 Å². The van der Waals surface area contributed by atoms with Crippen molar-refractivity contribution in [3.05, 3.63) is 35.4 Å². The molecule has 4 N–H and O–H groups in total. The Labute approximate surface area is 145 Å². The number of cyclic esters (lactones) is 1. The number of carbonyl (C=O) groups is 1. The van der Waals surface area contributed by atoms with Gasteiger partial charge in [0.1, 0.15) is 29.3 Å². The zero-order valence-electron chi connectivity index (χ0n) is 13.8. The van der Waals surface area contributed by atoms with E-state index in [0.29, 0.717) is 19.3 Å². The first-order valence-electron chi connectivity index (χ1n) is 8.32. The quantitative estimate of drug-likeness (QED) is 0.414. The van der Waals surface area contributed by atoms with Crippen molar-refractivity contribution in [3.8, 4) is 11.5 Å². The number of benzene rings is 1. The molecule has 25 heavy (non-hydrogen) atoms. The Morgan fingerprint density at radius 1 is 1.12 bits per heavy atom. The number of aliphatic hydroxyl groups is 2. The minimum absolute atomic E-state index is 0.0436. The SMILES string of the molecule is C[C@H]1C/C=C/[C@H](O)[C@H]2CC[C@H](O2)[C@H](O)c2cc(O)cc(O)c2C(=O)O1. The second-order valence-corrected chi connectivity index (χ2v) is 6.53. The highest BCUT2D eigenvalue weighted by atomic mass is 16.5. The normalized spacial score (nSPS) is 34.2. The lowest BCUT2D eigenvalue weighted by Gasteiger charge is -2.23. The third kappa shape index (κ3) is 3.63. The number of hydrogen-bond acceptors (Lipinski definition) is 7. The maximum absolute atomic E-state index is 12.5. The van der Waals surface area contributed by atoms with Crippen LogP contribution in [0.2, 0.25) is 0 Å². The molecule has 3 rings (SSSR count). The number of ether oxygens (including phenoxy) is 2. The van der Waals surface area contributed by atoms with Gasteiger partial charge in [0.25, 0.3) is 0 Å². The van der Waals surface area contributed by atoms with Crippen LogP contribution in [0.3, 0.4) is 0 Å². The van der Waals surface area contributed by atoms with E-state index in [1.807, 2.05) is 0 Å². The van der Waals surface area contributed by atoms with E-state index < -0.39 is 42.2 Å². The van der Waals surface area contributed by atoms with Gasteiger partial charge in [-0.05, 0) is 25.8 Å². The van der Waals surface area contributed by atoms with Crippen molar-refractivity contribution in [2.45, 2.75) is 56.7 Å². The van der Waals surface area contributed by atoms with Crippen molar-refractivity contribution in [2.75, 3.05) is 0 Å². The van der Waals surface area contributed by atoms with Crippen LogP contribution in [0.25, 0.3) is 0 Å². The largest absolute Gasteiger partial charge is 0.508 e. The lowest BCUT2D eigenvalue weighted by Crippen LogP contribution is -2.27. The van der Waals surface area contributed by atoms with Gasteiger partial charge in [-0.3, -0.25) is 0 Å². The molecule has 0 spiro atoms. The highest BCUT2D eigenvalue weighted by Gasteiger charge is 2.37. The van der Waals surface area contributed by atoms with E-state index in [2.05, 4.69) is 0 Å². The highest BCUT2D eigenvalue weighted by molar-refractivity contribution is 5.94. The Kier molecular flexibility index (Phi) is 4.99. The molecule has 0 saturated carbocycles. The Balaban J connectivity index is 2.04. The van der Waals surface area contributed by atoms with Gasteiger partial charge in [-0.15, -0.1) is 0 Å². The van der Waals surface area contributed by atoms with E-state index in [4.69, 9.17) is 9.47 Å². The fourth-order valence-electron chi connectivity index (χ4n) is 3.29.